The van der Waals surface area contributed by atoms with Crippen molar-refractivity contribution in [3.05, 3.63) is 12.3 Å². The Hall–Kier alpha value is -3.02. The van der Waals surface area contributed by atoms with Crippen LogP contribution in [0.15, 0.2) is 12.3 Å². The van der Waals surface area contributed by atoms with E-state index in [1.807, 2.05) is 0 Å². The molecule has 34 heavy (non-hydrogen) atoms. The van der Waals surface area contributed by atoms with Crippen LogP contribution in [0, 0.1) is 0 Å². The first kappa shape index (κ1) is 24.1. The topological polar surface area (TPSA) is 141 Å². The number of halogens is 1. The summed E-state index contributed by atoms with van der Waals surface area (Å²) in [6.45, 7) is 0.528. The SMILES string of the molecule is Cn1ccc(NC(=O)C(=O)C2(NC(=O)C(CC3(F)CCCC3)NC(=O)OC3COC3)CCC2)n1. The molecule has 0 bridgehead atoms. The Morgan fingerprint density at radius 2 is 1.91 bits per heavy atom. The summed E-state index contributed by atoms with van der Waals surface area (Å²) in [5, 5.41) is 11.6. The summed E-state index contributed by atoms with van der Waals surface area (Å²) in [5.41, 5.74) is -3.00. The van der Waals surface area contributed by atoms with E-state index < -0.39 is 47.0 Å². The van der Waals surface area contributed by atoms with Crippen molar-refractivity contribution in [1.29, 1.82) is 0 Å². The first-order valence-electron chi connectivity index (χ1n) is 11.6. The van der Waals surface area contributed by atoms with Crippen LogP contribution < -0.4 is 16.0 Å². The van der Waals surface area contributed by atoms with Gasteiger partial charge in [0.2, 0.25) is 11.7 Å². The minimum atomic E-state index is -1.60. The predicted octanol–water partition coefficient (Wildman–Crippen LogP) is 1.13. The maximum Gasteiger partial charge on any atom is 0.408 e. The summed E-state index contributed by atoms with van der Waals surface area (Å²) in [4.78, 5) is 51.0. The van der Waals surface area contributed by atoms with Crippen LogP contribution in [0.4, 0.5) is 15.0 Å². The molecular weight excluding hydrogens is 449 g/mol. The number of alkyl carbamates (subject to hydrolysis) is 1. The van der Waals surface area contributed by atoms with Gasteiger partial charge < -0.3 is 25.4 Å². The lowest BCUT2D eigenvalue weighted by molar-refractivity contribution is -0.144. The van der Waals surface area contributed by atoms with Crippen molar-refractivity contribution >= 4 is 29.5 Å². The van der Waals surface area contributed by atoms with Crippen molar-refractivity contribution < 1.29 is 33.0 Å². The van der Waals surface area contributed by atoms with Gasteiger partial charge in [-0.1, -0.05) is 12.8 Å². The van der Waals surface area contributed by atoms with Gasteiger partial charge in [0.25, 0.3) is 5.91 Å². The minimum Gasteiger partial charge on any atom is -0.441 e. The number of ketones is 1. The number of Topliss-reactive ketones (excluding diaryl/α,β-unsaturated/α-hetero) is 1. The van der Waals surface area contributed by atoms with E-state index >= 15 is 4.39 Å². The lowest BCUT2D eigenvalue weighted by Crippen LogP contribution is -2.65. The van der Waals surface area contributed by atoms with Crippen LogP contribution in [0.3, 0.4) is 0 Å². The average molecular weight is 480 g/mol. The number of ether oxygens (including phenoxy) is 2. The number of nitrogens with zero attached hydrogens (tertiary/aromatic N) is 2. The lowest BCUT2D eigenvalue weighted by atomic mass is 9.73. The molecule has 2 heterocycles. The zero-order chi connectivity index (χ0) is 24.3. The Kier molecular flexibility index (Phi) is 6.87. The molecule has 12 heteroatoms. The maximum absolute atomic E-state index is 15.2. The standard InChI is InChI=1S/C22H30FN5O6/c1-28-10-5-16(27-28)25-19(31)17(29)22(8-4-9-22)26-18(30)15(11-21(23)6-2-3-7-21)24-20(32)34-14-12-33-13-14/h5,10,14-15H,2-4,6-9,11-13H2,1H3,(H,24,32)(H,26,30)(H,25,27,31). The van der Waals surface area contributed by atoms with E-state index in [0.717, 1.165) is 0 Å². The summed E-state index contributed by atoms with van der Waals surface area (Å²) < 4.78 is 26.9. The highest BCUT2D eigenvalue weighted by Gasteiger charge is 2.50. The van der Waals surface area contributed by atoms with Crippen molar-refractivity contribution in [3.63, 3.8) is 0 Å². The van der Waals surface area contributed by atoms with Gasteiger partial charge in [-0.05, 0) is 32.1 Å². The quantitative estimate of drug-likeness (QED) is 0.451. The molecule has 1 atom stereocenters. The normalized spacial score (nSPS) is 21.5. The van der Waals surface area contributed by atoms with Crippen molar-refractivity contribution in [1.82, 2.24) is 20.4 Å². The van der Waals surface area contributed by atoms with Gasteiger partial charge >= 0.3 is 6.09 Å². The maximum atomic E-state index is 15.2. The smallest absolute Gasteiger partial charge is 0.408 e. The second kappa shape index (κ2) is 9.69. The molecule has 3 fully saturated rings. The van der Waals surface area contributed by atoms with Crippen LogP contribution in [0.5, 0.6) is 0 Å². The Bertz CT molecular complexity index is 951. The molecule has 0 aromatic carbocycles. The molecule has 1 aromatic rings. The molecule has 2 aliphatic carbocycles. The molecule has 1 aromatic heterocycles. The van der Waals surface area contributed by atoms with Gasteiger partial charge in [-0.3, -0.25) is 19.1 Å². The fourth-order valence-electron chi connectivity index (χ4n) is 4.53. The monoisotopic (exact) mass is 479 g/mol. The number of anilines is 1. The van der Waals surface area contributed by atoms with Gasteiger partial charge in [0.1, 0.15) is 17.2 Å². The number of nitrogens with one attached hydrogen (secondary N) is 3. The molecule has 0 radical (unpaired) electrons. The van der Waals surface area contributed by atoms with Crippen LogP contribution >= 0.6 is 0 Å². The molecule has 186 valence electrons. The number of hydrogen-bond donors (Lipinski definition) is 3. The second-order valence-electron chi connectivity index (χ2n) is 9.41. The highest BCUT2D eigenvalue weighted by molar-refractivity contribution is 6.44. The van der Waals surface area contributed by atoms with E-state index in [1.165, 1.54) is 10.7 Å². The average Bonchev–Trinajstić information content (AvgIpc) is 3.34. The molecule has 1 unspecified atom stereocenters. The van der Waals surface area contributed by atoms with Crippen LogP contribution in [0.2, 0.25) is 0 Å². The fourth-order valence-corrected chi connectivity index (χ4v) is 4.53. The van der Waals surface area contributed by atoms with Gasteiger partial charge in [-0.2, -0.15) is 5.10 Å². The molecule has 0 spiro atoms. The number of hydrogen-bond acceptors (Lipinski definition) is 7. The van der Waals surface area contributed by atoms with E-state index in [2.05, 4.69) is 21.0 Å². The van der Waals surface area contributed by atoms with E-state index in [9.17, 15) is 19.2 Å². The molecule has 4 rings (SSSR count). The first-order valence-corrected chi connectivity index (χ1v) is 11.6. The third-order valence-corrected chi connectivity index (χ3v) is 6.73. The number of alkyl halides is 1. The second-order valence-corrected chi connectivity index (χ2v) is 9.41. The van der Waals surface area contributed by atoms with E-state index in [4.69, 9.17) is 9.47 Å². The largest absolute Gasteiger partial charge is 0.441 e. The van der Waals surface area contributed by atoms with E-state index in [-0.39, 0.29) is 38.3 Å². The summed E-state index contributed by atoms with van der Waals surface area (Å²) in [6, 6.07) is 0.291. The molecule has 3 amide bonds. The number of carbonyl (C=O) groups is 4. The highest BCUT2D eigenvalue weighted by atomic mass is 19.1. The fraction of sp³-hybridized carbons (Fsp3) is 0.682. The number of aryl methyl sites for hydroxylation is 1. The zero-order valence-electron chi connectivity index (χ0n) is 19.1. The van der Waals surface area contributed by atoms with Crippen molar-refractivity contribution in [2.45, 2.75) is 74.7 Å². The molecule has 3 N–H and O–H groups in total. The molecule has 11 nitrogen and oxygen atoms in total. The zero-order valence-corrected chi connectivity index (χ0v) is 19.1. The van der Waals surface area contributed by atoms with Crippen LogP contribution in [0.25, 0.3) is 0 Å². The Morgan fingerprint density at radius 1 is 1.21 bits per heavy atom. The molecule has 1 saturated heterocycles. The first-order chi connectivity index (χ1) is 16.2. The third-order valence-electron chi connectivity index (χ3n) is 6.73. The van der Waals surface area contributed by atoms with E-state index in [0.29, 0.717) is 32.1 Å². The Labute approximate surface area is 196 Å². The minimum absolute atomic E-state index is 0.213. The van der Waals surface area contributed by atoms with Gasteiger partial charge in [0.15, 0.2) is 11.9 Å². The van der Waals surface area contributed by atoms with Crippen molar-refractivity contribution in [2.75, 3.05) is 18.5 Å². The number of amides is 3. The van der Waals surface area contributed by atoms with Crippen LogP contribution in [-0.4, -0.2) is 70.0 Å². The van der Waals surface area contributed by atoms with Crippen LogP contribution in [0.1, 0.15) is 51.4 Å². The molecule has 3 aliphatic rings. The van der Waals surface area contributed by atoms with Crippen molar-refractivity contribution in [3.8, 4) is 0 Å². The Morgan fingerprint density at radius 3 is 2.44 bits per heavy atom. The Balaban J connectivity index is 1.43. The molecule has 1 aliphatic heterocycles. The van der Waals surface area contributed by atoms with Crippen molar-refractivity contribution in [2.24, 2.45) is 7.05 Å². The van der Waals surface area contributed by atoms with Crippen LogP contribution in [-0.2, 0) is 30.9 Å². The summed E-state index contributed by atoms with van der Waals surface area (Å²) in [5.74, 6) is -2.21. The summed E-state index contributed by atoms with van der Waals surface area (Å²) >= 11 is 0. The molecular formula is C22H30FN5O6. The van der Waals surface area contributed by atoms with Gasteiger partial charge in [0.05, 0.1) is 13.2 Å². The predicted molar refractivity (Wildman–Crippen MR) is 117 cm³/mol. The molecule has 2 saturated carbocycles. The van der Waals surface area contributed by atoms with E-state index in [1.54, 1.807) is 13.2 Å². The number of carbonyl (C=O) groups excluding carboxylic acids is 4. The van der Waals surface area contributed by atoms with Gasteiger partial charge in [-0.25, -0.2) is 9.18 Å². The third kappa shape index (κ3) is 5.37. The number of aromatic nitrogens is 2. The van der Waals surface area contributed by atoms with Gasteiger partial charge in [-0.15, -0.1) is 0 Å². The lowest BCUT2D eigenvalue weighted by Gasteiger charge is -2.41. The highest BCUT2D eigenvalue weighted by Crippen LogP contribution is 2.38. The number of rotatable bonds is 9. The van der Waals surface area contributed by atoms with Gasteiger partial charge in [0, 0.05) is 25.7 Å². The summed E-state index contributed by atoms with van der Waals surface area (Å²) in [6.07, 6.45) is 3.27. The summed E-state index contributed by atoms with van der Waals surface area (Å²) in [7, 11) is 1.67.